The van der Waals surface area contributed by atoms with Crippen LogP contribution in [-0.2, 0) is 16.8 Å². The van der Waals surface area contributed by atoms with Crippen LogP contribution in [0.5, 0.6) is 0 Å². The Labute approximate surface area is 209 Å². The molecule has 0 amide bonds. The molecule has 0 saturated carbocycles. The summed E-state index contributed by atoms with van der Waals surface area (Å²) in [5, 5.41) is 4.31. The van der Waals surface area contributed by atoms with E-state index in [9.17, 15) is 0 Å². The van der Waals surface area contributed by atoms with E-state index in [1.165, 1.54) is 80.9 Å². The quantitative estimate of drug-likeness (QED) is 0.141. The molecule has 0 saturated heterocycles. The van der Waals surface area contributed by atoms with E-state index in [0.29, 0.717) is 13.3 Å². The number of ether oxygens (including phenoxy) is 1. The van der Waals surface area contributed by atoms with E-state index in [4.69, 9.17) is 4.74 Å². The highest BCUT2D eigenvalue weighted by molar-refractivity contribution is 5.81. The molecule has 0 fully saturated rings. The number of hydrogen-bond donors (Lipinski definition) is 0. The van der Waals surface area contributed by atoms with Crippen LogP contribution in [0.25, 0.3) is 11.1 Å². The zero-order chi connectivity index (χ0) is 24.4. The van der Waals surface area contributed by atoms with Crippen molar-refractivity contribution in [3.63, 3.8) is 0 Å². The Morgan fingerprint density at radius 1 is 0.735 bits per heavy atom. The molecule has 3 heteroatoms. The van der Waals surface area contributed by atoms with E-state index in [-0.39, 0.29) is 5.41 Å². The predicted octanol–water partition coefficient (Wildman–Crippen LogP) is 8.17. The van der Waals surface area contributed by atoms with Gasteiger partial charge in [-0.05, 0) is 40.7 Å². The van der Waals surface area contributed by atoms with E-state index in [1.54, 1.807) is 11.1 Å². The molecule has 0 atom stereocenters. The van der Waals surface area contributed by atoms with Crippen molar-refractivity contribution in [3.8, 4) is 11.1 Å². The first kappa shape index (κ1) is 26.9. The molecule has 0 unspecified atom stereocenters. The molecule has 0 heterocycles. The summed E-state index contributed by atoms with van der Waals surface area (Å²) in [5.74, 6) is 0. The van der Waals surface area contributed by atoms with Gasteiger partial charge in [0, 0.05) is 26.1 Å². The highest BCUT2D eigenvalue weighted by atomic mass is 16.5. The smallest absolute Gasteiger partial charge is 0.112 e. The fourth-order valence-corrected chi connectivity index (χ4v) is 5.72. The highest BCUT2D eigenvalue weighted by Gasteiger charge is 2.42. The van der Waals surface area contributed by atoms with Gasteiger partial charge in [0.1, 0.15) is 6.73 Å². The maximum atomic E-state index is 6.15. The third-order valence-corrected chi connectivity index (χ3v) is 7.69. The number of hydrazine groups is 1. The number of fused-ring (bicyclic) bond motifs is 3. The zero-order valence-corrected chi connectivity index (χ0v) is 22.5. The van der Waals surface area contributed by atoms with Gasteiger partial charge in [-0.15, -0.1) is 0 Å². The second-order valence-corrected chi connectivity index (χ2v) is 10.3. The Kier molecular flexibility index (Phi) is 10.6. The van der Waals surface area contributed by atoms with Crippen LogP contribution in [0.15, 0.2) is 42.5 Å². The van der Waals surface area contributed by atoms with Gasteiger partial charge in [0.15, 0.2) is 0 Å². The Morgan fingerprint density at radius 2 is 1.38 bits per heavy atom. The molecule has 0 aliphatic heterocycles. The fraction of sp³-hybridized carbons (Fsp3) is 0.613. The number of nitrogens with zero attached hydrogens (tertiary/aromatic N) is 2. The normalized spacial score (nSPS) is 14.1. The summed E-state index contributed by atoms with van der Waals surface area (Å²) in [6, 6.07) is 16.4. The number of hydrogen-bond acceptors (Lipinski definition) is 3. The van der Waals surface area contributed by atoms with Gasteiger partial charge in [-0.1, -0.05) is 115 Å². The predicted molar refractivity (Wildman–Crippen MR) is 146 cm³/mol. The van der Waals surface area contributed by atoms with Gasteiger partial charge in [0.05, 0.1) is 6.61 Å². The molecule has 0 N–H and O–H groups in total. The topological polar surface area (TPSA) is 15.7 Å². The molecule has 3 nitrogen and oxygen atoms in total. The Bertz CT molecular complexity index is 863. The molecule has 34 heavy (non-hydrogen) atoms. The summed E-state index contributed by atoms with van der Waals surface area (Å²) < 4.78 is 6.15. The molecule has 3 rings (SSSR count). The number of rotatable bonds is 16. The monoisotopic (exact) mass is 464 g/mol. The number of benzene rings is 2. The molecule has 2 aromatic rings. The first-order valence-electron chi connectivity index (χ1n) is 13.8. The summed E-state index contributed by atoms with van der Waals surface area (Å²) in [6.45, 7) is 9.02. The van der Waals surface area contributed by atoms with Crippen molar-refractivity contribution in [1.82, 2.24) is 10.0 Å². The Balaban J connectivity index is 1.89. The molecule has 1 aliphatic carbocycles. The van der Waals surface area contributed by atoms with Crippen LogP contribution in [0.4, 0.5) is 0 Å². The van der Waals surface area contributed by atoms with Crippen LogP contribution >= 0.6 is 0 Å². The molecule has 188 valence electrons. The maximum absolute atomic E-state index is 6.15. The van der Waals surface area contributed by atoms with Crippen molar-refractivity contribution in [3.05, 3.63) is 59.2 Å². The Morgan fingerprint density at radius 3 is 2.00 bits per heavy atom. The van der Waals surface area contributed by atoms with Crippen molar-refractivity contribution in [2.45, 2.75) is 97.0 Å². The minimum atomic E-state index is 0.155. The maximum Gasteiger partial charge on any atom is 0.112 e. The summed E-state index contributed by atoms with van der Waals surface area (Å²) in [5.41, 5.74) is 7.49. The fourth-order valence-electron chi connectivity index (χ4n) is 5.72. The lowest BCUT2D eigenvalue weighted by Crippen LogP contribution is -2.38. The lowest BCUT2D eigenvalue weighted by molar-refractivity contribution is -0.0805. The van der Waals surface area contributed by atoms with Gasteiger partial charge in [-0.25, -0.2) is 10.0 Å². The molecule has 0 bridgehead atoms. The second kappa shape index (κ2) is 13.4. The van der Waals surface area contributed by atoms with Gasteiger partial charge >= 0.3 is 0 Å². The molecule has 0 aromatic heterocycles. The van der Waals surface area contributed by atoms with Gasteiger partial charge in [-0.3, -0.25) is 0 Å². The molecule has 0 radical (unpaired) electrons. The Hall–Kier alpha value is -1.68. The zero-order valence-electron chi connectivity index (χ0n) is 22.5. The SMILES string of the molecule is CCCCCCC1(CCCCCC)c2ccccc2-c2ccc(COCN(CC)N(C)C)cc21. The summed E-state index contributed by atoms with van der Waals surface area (Å²) in [4.78, 5) is 0. The standard InChI is InChI=1S/C31H48N2O/c1-6-9-11-15-21-31(22-16-12-10-7-2)29-18-14-13-17-27(29)28-20-19-26(23-30(28)31)24-34-25-33(8-3)32(4)5/h13-14,17-20,23H,6-12,15-16,21-22,24-25H2,1-5H3. The first-order chi connectivity index (χ1) is 16.6. The van der Waals surface area contributed by atoms with Crippen molar-refractivity contribution in [1.29, 1.82) is 0 Å². The molecular weight excluding hydrogens is 416 g/mol. The highest BCUT2D eigenvalue weighted by Crippen LogP contribution is 2.54. The van der Waals surface area contributed by atoms with E-state index in [2.05, 4.69) is 87.3 Å². The van der Waals surface area contributed by atoms with Crippen LogP contribution in [-0.4, -0.2) is 37.4 Å². The van der Waals surface area contributed by atoms with Crippen LogP contribution in [0, 0.1) is 0 Å². The van der Waals surface area contributed by atoms with Gasteiger partial charge < -0.3 is 4.74 Å². The minimum absolute atomic E-state index is 0.155. The number of unbranched alkanes of at least 4 members (excludes halogenated alkanes) is 6. The molecule has 2 aromatic carbocycles. The van der Waals surface area contributed by atoms with Crippen LogP contribution < -0.4 is 0 Å². The summed E-state index contributed by atoms with van der Waals surface area (Å²) >= 11 is 0. The third-order valence-electron chi connectivity index (χ3n) is 7.69. The minimum Gasteiger partial charge on any atom is -0.360 e. The molecule has 1 aliphatic rings. The van der Waals surface area contributed by atoms with E-state index in [0.717, 1.165) is 6.54 Å². The average Bonchev–Trinajstić information content (AvgIpc) is 3.12. The third kappa shape index (κ3) is 6.30. The molecule has 0 spiro atoms. The van der Waals surface area contributed by atoms with Gasteiger partial charge in [-0.2, -0.15) is 0 Å². The van der Waals surface area contributed by atoms with Crippen molar-refractivity contribution in [2.75, 3.05) is 27.4 Å². The second-order valence-electron chi connectivity index (χ2n) is 10.3. The van der Waals surface area contributed by atoms with Crippen molar-refractivity contribution >= 4 is 0 Å². The first-order valence-corrected chi connectivity index (χ1v) is 13.8. The summed E-state index contributed by atoms with van der Waals surface area (Å²) in [7, 11) is 4.15. The lowest BCUT2D eigenvalue weighted by Gasteiger charge is -2.33. The van der Waals surface area contributed by atoms with Crippen LogP contribution in [0.1, 0.15) is 102 Å². The lowest BCUT2D eigenvalue weighted by atomic mass is 9.70. The van der Waals surface area contributed by atoms with E-state index in [1.807, 2.05) is 0 Å². The van der Waals surface area contributed by atoms with Gasteiger partial charge in [0.25, 0.3) is 0 Å². The molecular formula is C31H48N2O. The van der Waals surface area contributed by atoms with E-state index >= 15 is 0 Å². The van der Waals surface area contributed by atoms with Crippen molar-refractivity contribution in [2.24, 2.45) is 0 Å². The average molecular weight is 465 g/mol. The van der Waals surface area contributed by atoms with E-state index < -0.39 is 0 Å². The van der Waals surface area contributed by atoms with Gasteiger partial charge in [0.2, 0.25) is 0 Å². The van der Waals surface area contributed by atoms with Crippen molar-refractivity contribution < 1.29 is 4.74 Å². The summed E-state index contributed by atoms with van der Waals surface area (Å²) in [6.07, 6.45) is 13.1. The largest absolute Gasteiger partial charge is 0.360 e. The van der Waals surface area contributed by atoms with Crippen LogP contribution in [0.2, 0.25) is 0 Å². The van der Waals surface area contributed by atoms with Crippen LogP contribution in [0.3, 0.4) is 0 Å².